The lowest BCUT2D eigenvalue weighted by Crippen LogP contribution is -2.56. The number of carbonyl (C=O) groups is 1. The fraction of sp³-hybridized carbons (Fsp3) is 0.957. The summed E-state index contributed by atoms with van der Waals surface area (Å²) in [6.07, 6.45) is 12.1. The molecule has 1 saturated heterocycles. The van der Waals surface area contributed by atoms with E-state index < -0.39 is 0 Å². The van der Waals surface area contributed by atoms with Crippen molar-refractivity contribution < 1.29 is 14.6 Å². The number of likely N-dealkylation sites (tertiary alicyclic amines) is 1. The molecule has 5 nitrogen and oxygen atoms in total. The van der Waals surface area contributed by atoms with E-state index in [2.05, 4.69) is 23.6 Å². The van der Waals surface area contributed by atoms with E-state index in [1.165, 1.54) is 44.9 Å². The maximum absolute atomic E-state index is 12.6. The largest absolute Gasteiger partial charge is 0.387 e. The first kappa shape index (κ1) is 22.0. The van der Waals surface area contributed by atoms with Crippen molar-refractivity contribution in [2.45, 2.75) is 96.2 Å². The Hall–Kier alpha value is -0.650. The third-order valence-electron chi connectivity index (χ3n) is 7.63. The van der Waals surface area contributed by atoms with Gasteiger partial charge in [-0.1, -0.05) is 19.8 Å². The van der Waals surface area contributed by atoms with Crippen molar-refractivity contribution >= 4 is 5.91 Å². The maximum atomic E-state index is 12.6. The fourth-order valence-corrected chi connectivity index (χ4v) is 5.94. The molecule has 0 aromatic heterocycles. The molecule has 0 aromatic carbocycles. The minimum absolute atomic E-state index is 0.0476. The number of nitrogens with zero attached hydrogens (tertiary/aromatic N) is 2. The Morgan fingerprint density at radius 2 is 1.71 bits per heavy atom. The van der Waals surface area contributed by atoms with Crippen LogP contribution in [0.3, 0.4) is 0 Å². The minimum atomic E-state index is -0.340. The standard InChI is InChI=1S/C23H42N2O3/c1-3-28-17-19-8-10-20(11-9-19)24-14-12-21(13-15-24)25(23(27)16-26)22-7-5-4-6-18(22)2/h18-22,26H,3-17H2,1-2H3. The summed E-state index contributed by atoms with van der Waals surface area (Å²) in [6.45, 7) is 7.99. The number of piperidine rings is 1. The summed E-state index contributed by atoms with van der Waals surface area (Å²) in [5, 5.41) is 9.58. The normalized spacial score (nSPS) is 33.0. The molecule has 3 fully saturated rings. The van der Waals surface area contributed by atoms with Gasteiger partial charge in [-0.15, -0.1) is 0 Å². The molecule has 2 aliphatic carbocycles. The summed E-state index contributed by atoms with van der Waals surface area (Å²) in [6, 6.07) is 1.36. The third kappa shape index (κ3) is 5.48. The van der Waals surface area contributed by atoms with E-state index in [4.69, 9.17) is 4.74 Å². The van der Waals surface area contributed by atoms with Crippen LogP contribution in [-0.2, 0) is 9.53 Å². The summed E-state index contributed by atoms with van der Waals surface area (Å²) in [5.74, 6) is 1.26. The Kier molecular flexibility index (Phi) is 8.61. The van der Waals surface area contributed by atoms with Crippen molar-refractivity contribution in [1.82, 2.24) is 9.80 Å². The highest BCUT2D eigenvalue weighted by Crippen LogP contribution is 2.34. The monoisotopic (exact) mass is 394 g/mol. The predicted octanol–water partition coefficient (Wildman–Crippen LogP) is 3.45. The summed E-state index contributed by atoms with van der Waals surface area (Å²) in [4.78, 5) is 17.4. The van der Waals surface area contributed by atoms with Crippen LogP contribution in [0.5, 0.6) is 0 Å². The molecule has 1 aliphatic heterocycles. The van der Waals surface area contributed by atoms with Gasteiger partial charge in [0.05, 0.1) is 0 Å². The molecule has 2 atom stereocenters. The van der Waals surface area contributed by atoms with Crippen LogP contribution in [0, 0.1) is 11.8 Å². The lowest BCUT2D eigenvalue weighted by molar-refractivity contribution is -0.143. The van der Waals surface area contributed by atoms with Crippen molar-refractivity contribution in [1.29, 1.82) is 0 Å². The van der Waals surface area contributed by atoms with Gasteiger partial charge in [0.25, 0.3) is 0 Å². The molecule has 0 aromatic rings. The maximum Gasteiger partial charge on any atom is 0.248 e. The van der Waals surface area contributed by atoms with Crippen molar-refractivity contribution in [2.24, 2.45) is 11.8 Å². The lowest BCUT2D eigenvalue weighted by Gasteiger charge is -2.47. The summed E-state index contributed by atoms with van der Waals surface area (Å²) < 4.78 is 5.62. The van der Waals surface area contributed by atoms with E-state index >= 15 is 0 Å². The quantitative estimate of drug-likeness (QED) is 0.719. The molecule has 2 unspecified atom stereocenters. The highest BCUT2D eigenvalue weighted by atomic mass is 16.5. The van der Waals surface area contributed by atoms with Crippen molar-refractivity contribution in [3.63, 3.8) is 0 Å². The van der Waals surface area contributed by atoms with Gasteiger partial charge in [-0.05, 0) is 70.1 Å². The highest BCUT2D eigenvalue weighted by Gasteiger charge is 2.37. The number of rotatable bonds is 7. The molecule has 1 amide bonds. The smallest absolute Gasteiger partial charge is 0.248 e. The SMILES string of the molecule is CCOCC1CCC(N2CCC(N(C(=O)CO)C3CCCCC3C)CC2)CC1. The second kappa shape index (κ2) is 10.9. The topological polar surface area (TPSA) is 53.0 Å². The van der Waals surface area contributed by atoms with E-state index in [-0.39, 0.29) is 12.5 Å². The number of ether oxygens (including phenoxy) is 1. The Morgan fingerprint density at radius 3 is 2.32 bits per heavy atom. The predicted molar refractivity (Wildman–Crippen MR) is 112 cm³/mol. The second-order valence-electron chi connectivity index (χ2n) is 9.39. The van der Waals surface area contributed by atoms with Gasteiger partial charge in [0.2, 0.25) is 5.91 Å². The third-order valence-corrected chi connectivity index (χ3v) is 7.63. The summed E-state index contributed by atoms with van der Waals surface area (Å²) in [7, 11) is 0. The van der Waals surface area contributed by atoms with Crippen molar-refractivity contribution in [3.8, 4) is 0 Å². The highest BCUT2D eigenvalue weighted by molar-refractivity contribution is 5.78. The van der Waals surface area contributed by atoms with Gasteiger partial charge < -0.3 is 19.6 Å². The summed E-state index contributed by atoms with van der Waals surface area (Å²) in [5.41, 5.74) is 0. The Labute approximate surface area is 171 Å². The first-order valence-corrected chi connectivity index (χ1v) is 11.9. The van der Waals surface area contributed by atoms with Gasteiger partial charge >= 0.3 is 0 Å². The van der Waals surface area contributed by atoms with Crippen LogP contribution < -0.4 is 0 Å². The van der Waals surface area contributed by atoms with Crippen LogP contribution in [0.4, 0.5) is 0 Å². The molecule has 0 radical (unpaired) electrons. The van der Waals surface area contributed by atoms with Crippen LogP contribution in [0.25, 0.3) is 0 Å². The Bertz CT molecular complexity index is 470. The molecular weight excluding hydrogens is 352 g/mol. The zero-order chi connectivity index (χ0) is 19.9. The molecular formula is C23H42N2O3. The van der Waals surface area contributed by atoms with Crippen LogP contribution >= 0.6 is 0 Å². The average molecular weight is 395 g/mol. The zero-order valence-electron chi connectivity index (χ0n) is 18.2. The van der Waals surface area contributed by atoms with Gasteiger partial charge in [-0.25, -0.2) is 0 Å². The number of carbonyl (C=O) groups excluding carboxylic acids is 1. The van der Waals surface area contributed by atoms with E-state index in [1.54, 1.807) is 0 Å². The van der Waals surface area contributed by atoms with Gasteiger partial charge in [-0.3, -0.25) is 4.79 Å². The first-order chi connectivity index (χ1) is 13.6. The van der Waals surface area contributed by atoms with Crippen molar-refractivity contribution in [3.05, 3.63) is 0 Å². The lowest BCUT2D eigenvalue weighted by atomic mass is 9.82. The molecule has 0 bridgehead atoms. The molecule has 5 heteroatoms. The number of hydrogen-bond donors (Lipinski definition) is 1. The number of hydrogen-bond acceptors (Lipinski definition) is 4. The number of aliphatic hydroxyl groups is 1. The fourth-order valence-electron chi connectivity index (χ4n) is 5.94. The van der Waals surface area contributed by atoms with E-state index in [0.717, 1.165) is 57.5 Å². The van der Waals surface area contributed by atoms with Crippen LogP contribution in [0.15, 0.2) is 0 Å². The molecule has 1 N–H and O–H groups in total. The van der Waals surface area contributed by atoms with Crippen LogP contribution in [0.1, 0.15) is 78.1 Å². The number of amides is 1. The van der Waals surface area contributed by atoms with Crippen LogP contribution in [0.2, 0.25) is 0 Å². The zero-order valence-corrected chi connectivity index (χ0v) is 18.2. The van der Waals surface area contributed by atoms with Crippen molar-refractivity contribution in [2.75, 3.05) is 32.9 Å². The van der Waals surface area contributed by atoms with Gasteiger partial charge in [0.15, 0.2) is 0 Å². The minimum Gasteiger partial charge on any atom is -0.387 e. The number of aliphatic hydroxyl groups excluding tert-OH is 1. The molecule has 2 saturated carbocycles. The molecule has 1 heterocycles. The van der Waals surface area contributed by atoms with Crippen LogP contribution in [-0.4, -0.2) is 71.8 Å². The van der Waals surface area contributed by atoms with E-state index in [0.29, 0.717) is 18.0 Å². The molecule has 3 rings (SSSR count). The first-order valence-electron chi connectivity index (χ1n) is 11.9. The Morgan fingerprint density at radius 1 is 1.04 bits per heavy atom. The van der Waals surface area contributed by atoms with Gasteiger partial charge in [0.1, 0.15) is 6.61 Å². The Balaban J connectivity index is 1.51. The van der Waals surface area contributed by atoms with E-state index in [9.17, 15) is 9.90 Å². The summed E-state index contributed by atoms with van der Waals surface area (Å²) >= 11 is 0. The van der Waals surface area contributed by atoms with E-state index in [1.807, 2.05) is 0 Å². The molecule has 0 spiro atoms. The molecule has 28 heavy (non-hydrogen) atoms. The molecule has 162 valence electrons. The van der Waals surface area contributed by atoms with Gasteiger partial charge in [0, 0.05) is 44.4 Å². The molecule has 3 aliphatic rings. The second-order valence-corrected chi connectivity index (χ2v) is 9.39. The average Bonchev–Trinajstić information content (AvgIpc) is 2.74. The van der Waals surface area contributed by atoms with Gasteiger partial charge in [-0.2, -0.15) is 0 Å².